The van der Waals surface area contributed by atoms with E-state index in [-0.39, 0.29) is 29.0 Å². The summed E-state index contributed by atoms with van der Waals surface area (Å²) in [5.41, 5.74) is 3.52. The van der Waals surface area contributed by atoms with Gasteiger partial charge in [0.15, 0.2) is 6.61 Å². The fourth-order valence-electron chi connectivity index (χ4n) is 2.58. The average Bonchev–Trinajstić information content (AvgIpc) is 2.80. The molecule has 0 heterocycles. The first-order valence-corrected chi connectivity index (χ1v) is 9.78. The molecule has 7 nitrogen and oxygen atoms in total. The predicted octanol–water partition coefficient (Wildman–Crippen LogP) is 4.27. The maximum Gasteiger partial charge on any atom is 0.271 e. The predicted molar refractivity (Wildman–Crippen MR) is 120 cm³/mol. The molecule has 0 radical (unpaired) electrons. The number of hydrogen-bond donors (Lipinski definition) is 2. The molecule has 3 rings (SSSR count). The molecule has 0 fully saturated rings. The van der Waals surface area contributed by atoms with Crippen molar-refractivity contribution >= 4 is 35.3 Å². The minimum atomic E-state index is -0.540. The number of ether oxygens (including phenoxy) is 2. The van der Waals surface area contributed by atoms with Crippen molar-refractivity contribution in [3.63, 3.8) is 0 Å². The second kappa shape index (κ2) is 10.9. The van der Waals surface area contributed by atoms with Gasteiger partial charge in [-0.05, 0) is 60.2 Å². The molecule has 32 heavy (non-hydrogen) atoms. The summed E-state index contributed by atoms with van der Waals surface area (Å²) in [5.74, 6) is -0.531. The Morgan fingerprint density at radius 2 is 1.84 bits per heavy atom. The number of carbonyl (C=O) groups is 2. The number of carbonyl (C=O) groups excluding carboxylic acids is 2. The molecule has 0 atom stereocenters. The summed E-state index contributed by atoms with van der Waals surface area (Å²) in [4.78, 5) is 24.0. The maximum absolute atomic E-state index is 13.6. The van der Waals surface area contributed by atoms with Crippen LogP contribution in [-0.2, 0) is 4.79 Å². The summed E-state index contributed by atoms with van der Waals surface area (Å²) in [6.07, 6.45) is 1.42. The van der Waals surface area contributed by atoms with E-state index >= 15 is 0 Å². The second-order valence-electron chi connectivity index (χ2n) is 6.43. The molecule has 164 valence electrons. The fourth-order valence-corrected chi connectivity index (χ4v) is 2.82. The average molecular weight is 456 g/mol. The summed E-state index contributed by atoms with van der Waals surface area (Å²) in [6, 6.07) is 17.2. The van der Waals surface area contributed by atoms with Crippen LogP contribution in [-0.4, -0.2) is 31.7 Å². The third-order valence-corrected chi connectivity index (χ3v) is 4.49. The molecule has 0 aliphatic heterocycles. The number of hydrazone groups is 1. The van der Waals surface area contributed by atoms with E-state index in [2.05, 4.69) is 15.8 Å². The highest BCUT2D eigenvalue weighted by molar-refractivity contribution is 6.32. The van der Waals surface area contributed by atoms with Gasteiger partial charge in [0.2, 0.25) is 0 Å². The third kappa shape index (κ3) is 6.29. The lowest BCUT2D eigenvalue weighted by Crippen LogP contribution is -2.20. The summed E-state index contributed by atoms with van der Waals surface area (Å²) in [5, 5.41) is 6.57. The van der Waals surface area contributed by atoms with Crippen molar-refractivity contribution in [1.29, 1.82) is 0 Å². The molecule has 0 aromatic heterocycles. The molecule has 2 amide bonds. The Labute approximate surface area is 188 Å². The van der Waals surface area contributed by atoms with E-state index in [4.69, 9.17) is 21.1 Å². The molecule has 3 aromatic carbocycles. The SMILES string of the molecule is COc1ccc(C(=O)NN=Cc2ccc(OCC(=O)Nc3ccccc3F)c(Cl)c2)cc1. The van der Waals surface area contributed by atoms with Crippen LogP contribution in [0.15, 0.2) is 71.8 Å². The maximum atomic E-state index is 13.6. The minimum Gasteiger partial charge on any atom is -0.497 e. The lowest BCUT2D eigenvalue weighted by atomic mass is 10.2. The zero-order valence-electron chi connectivity index (χ0n) is 17.0. The van der Waals surface area contributed by atoms with Gasteiger partial charge < -0.3 is 14.8 Å². The molecule has 2 N–H and O–H groups in total. The van der Waals surface area contributed by atoms with Gasteiger partial charge >= 0.3 is 0 Å². The van der Waals surface area contributed by atoms with Gasteiger partial charge in [-0.25, -0.2) is 9.82 Å². The lowest BCUT2D eigenvalue weighted by molar-refractivity contribution is -0.118. The van der Waals surface area contributed by atoms with Crippen LogP contribution in [0.1, 0.15) is 15.9 Å². The Bertz CT molecular complexity index is 1140. The minimum absolute atomic E-state index is 0.0652. The van der Waals surface area contributed by atoms with E-state index in [0.29, 0.717) is 16.9 Å². The van der Waals surface area contributed by atoms with E-state index in [9.17, 15) is 14.0 Å². The van der Waals surface area contributed by atoms with Crippen LogP contribution in [0.25, 0.3) is 0 Å². The molecule has 0 saturated heterocycles. The summed E-state index contributed by atoms with van der Waals surface area (Å²) in [6.45, 7) is -0.348. The van der Waals surface area contributed by atoms with Crippen molar-refractivity contribution in [3.8, 4) is 11.5 Å². The lowest BCUT2D eigenvalue weighted by Gasteiger charge is -2.09. The standard InChI is InChI=1S/C23H19ClFN3O4/c1-31-17-9-7-16(8-10-17)23(30)28-26-13-15-6-11-21(18(24)12-15)32-14-22(29)27-20-5-3-2-4-19(20)25/h2-13H,14H2,1H3,(H,27,29)(H,28,30). The van der Waals surface area contributed by atoms with Crippen molar-refractivity contribution in [1.82, 2.24) is 5.43 Å². The van der Waals surface area contributed by atoms with Crippen molar-refractivity contribution in [2.75, 3.05) is 19.0 Å². The Balaban J connectivity index is 1.52. The Morgan fingerprint density at radius 3 is 2.53 bits per heavy atom. The summed E-state index contributed by atoms with van der Waals surface area (Å²) < 4.78 is 24.0. The van der Waals surface area contributed by atoms with Gasteiger partial charge in [-0.3, -0.25) is 9.59 Å². The first-order chi connectivity index (χ1) is 15.5. The molecule has 0 spiro atoms. The molecule has 0 saturated carbocycles. The van der Waals surface area contributed by atoms with Crippen molar-refractivity contribution in [3.05, 3.63) is 88.7 Å². The molecular weight excluding hydrogens is 437 g/mol. The van der Waals surface area contributed by atoms with E-state index < -0.39 is 11.7 Å². The van der Waals surface area contributed by atoms with E-state index in [0.717, 1.165) is 0 Å². The number of halogens is 2. The van der Waals surface area contributed by atoms with Crippen LogP contribution >= 0.6 is 11.6 Å². The van der Waals surface area contributed by atoms with Gasteiger partial charge in [0.05, 0.1) is 24.0 Å². The van der Waals surface area contributed by atoms with Gasteiger partial charge in [-0.2, -0.15) is 5.10 Å². The largest absolute Gasteiger partial charge is 0.497 e. The normalized spacial score (nSPS) is 10.6. The summed E-state index contributed by atoms with van der Waals surface area (Å²) >= 11 is 6.19. The highest BCUT2D eigenvalue weighted by atomic mass is 35.5. The molecule has 3 aromatic rings. The zero-order valence-corrected chi connectivity index (χ0v) is 17.7. The van der Waals surface area contributed by atoms with Crippen LogP contribution in [0.3, 0.4) is 0 Å². The number of amides is 2. The number of nitrogens with one attached hydrogen (secondary N) is 2. The van der Waals surface area contributed by atoms with Gasteiger partial charge in [-0.15, -0.1) is 0 Å². The van der Waals surface area contributed by atoms with Gasteiger partial charge in [0.1, 0.15) is 17.3 Å². The summed E-state index contributed by atoms with van der Waals surface area (Å²) in [7, 11) is 1.54. The Kier molecular flexibility index (Phi) is 7.77. The highest BCUT2D eigenvalue weighted by Crippen LogP contribution is 2.25. The van der Waals surface area contributed by atoms with Crippen molar-refractivity contribution in [2.45, 2.75) is 0 Å². The first-order valence-electron chi connectivity index (χ1n) is 9.40. The van der Waals surface area contributed by atoms with Crippen molar-refractivity contribution in [2.24, 2.45) is 5.10 Å². The van der Waals surface area contributed by atoms with E-state index in [1.54, 1.807) is 55.6 Å². The number of methoxy groups -OCH3 is 1. The topological polar surface area (TPSA) is 89.0 Å². The highest BCUT2D eigenvalue weighted by Gasteiger charge is 2.09. The fraction of sp³-hybridized carbons (Fsp3) is 0.0870. The molecule has 0 aliphatic carbocycles. The van der Waals surface area contributed by atoms with Crippen molar-refractivity contribution < 1.29 is 23.5 Å². The molecule has 9 heteroatoms. The van der Waals surface area contributed by atoms with Crippen LogP contribution in [0.4, 0.5) is 10.1 Å². The monoisotopic (exact) mass is 455 g/mol. The number of para-hydroxylation sites is 1. The van der Waals surface area contributed by atoms with Gasteiger partial charge in [0, 0.05) is 5.56 Å². The second-order valence-corrected chi connectivity index (χ2v) is 6.84. The molecule has 0 aliphatic rings. The van der Waals surface area contributed by atoms with E-state index in [1.165, 1.54) is 24.4 Å². The molecule has 0 unspecified atom stereocenters. The number of benzene rings is 3. The number of hydrogen-bond acceptors (Lipinski definition) is 5. The smallest absolute Gasteiger partial charge is 0.271 e. The quantitative estimate of drug-likeness (QED) is 0.392. The first kappa shape index (κ1) is 22.8. The number of anilines is 1. The van der Waals surface area contributed by atoms with E-state index in [1.807, 2.05) is 0 Å². The van der Waals surface area contributed by atoms with Gasteiger partial charge in [-0.1, -0.05) is 23.7 Å². The molecule has 0 bridgehead atoms. The zero-order chi connectivity index (χ0) is 22.9. The molecular formula is C23H19ClFN3O4. The third-order valence-electron chi connectivity index (χ3n) is 4.19. The Hall–Kier alpha value is -3.91. The van der Waals surface area contributed by atoms with Crippen LogP contribution in [0.2, 0.25) is 5.02 Å². The van der Waals surface area contributed by atoms with Gasteiger partial charge in [0.25, 0.3) is 11.8 Å². The number of nitrogens with zero attached hydrogens (tertiary/aromatic N) is 1. The van der Waals surface area contributed by atoms with Crippen LogP contribution in [0.5, 0.6) is 11.5 Å². The number of rotatable bonds is 8. The Morgan fingerprint density at radius 1 is 1.09 bits per heavy atom. The van der Waals surface area contributed by atoms with Crippen LogP contribution in [0, 0.1) is 5.82 Å². The van der Waals surface area contributed by atoms with Crippen LogP contribution < -0.4 is 20.2 Å².